The highest BCUT2D eigenvalue weighted by molar-refractivity contribution is 5.96. The molecule has 0 bridgehead atoms. The standard InChI is InChI=1S/C17H13F2NO3/c18-17(19)23-15-8-4-2-6-13(15)16(21)20-10-12-9-11-5-1-3-7-14(11)22-12/h1-9,17H,10H2,(H,20,21). The number of benzene rings is 2. The predicted octanol–water partition coefficient (Wildman–Crippen LogP) is 3.96. The van der Waals surface area contributed by atoms with Crippen molar-refractivity contribution in [3.05, 3.63) is 65.9 Å². The third-order valence-corrected chi connectivity index (χ3v) is 3.25. The van der Waals surface area contributed by atoms with Crippen molar-refractivity contribution in [2.45, 2.75) is 13.2 Å². The Morgan fingerprint density at radius 1 is 1.13 bits per heavy atom. The maximum Gasteiger partial charge on any atom is 0.387 e. The van der Waals surface area contributed by atoms with Crippen LogP contribution in [0.2, 0.25) is 0 Å². The van der Waals surface area contributed by atoms with E-state index in [1.54, 1.807) is 6.07 Å². The predicted molar refractivity (Wildman–Crippen MR) is 80.5 cm³/mol. The van der Waals surface area contributed by atoms with Crippen LogP contribution in [0, 0.1) is 0 Å². The zero-order chi connectivity index (χ0) is 16.2. The summed E-state index contributed by atoms with van der Waals surface area (Å²) < 4.78 is 34.7. The summed E-state index contributed by atoms with van der Waals surface area (Å²) in [6.07, 6.45) is 0. The second-order valence-electron chi connectivity index (χ2n) is 4.81. The molecule has 1 N–H and O–H groups in total. The molecule has 0 radical (unpaired) electrons. The number of ether oxygens (including phenoxy) is 1. The van der Waals surface area contributed by atoms with Gasteiger partial charge in [0.1, 0.15) is 17.1 Å². The van der Waals surface area contributed by atoms with E-state index in [2.05, 4.69) is 10.1 Å². The highest BCUT2D eigenvalue weighted by Gasteiger charge is 2.15. The molecule has 1 heterocycles. The number of halogens is 2. The van der Waals surface area contributed by atoms with Crippen molar-refractivity contribution < 1.29 is 22.7 Å². The number of carbonyl (C=O) groups is 1. The Balaban J connectivity index is 1.72. The van der Waals surface area contributed by atoms with Gasteiger partial charge >= 0.3 is 6.61 Å². The van der Waals surface area contributed by atoms with E-state index in [9.17, 15) is 13.6 Å². The molecule has 0 aliphatic carbocycles. The summed E-state index contributed by atoms with van der Waals surface area (Å²) in [4.78, 5) is 12.2. The van der Waals surface area contributed by atoms with E-state index in [4.69, 9.17) is 4.42 Å². The topological polar surface area (TPSA) is 51.5 Å². The first-order valence-electron chi connectivity index (χ1n) is 6.93. The first-order chi connectivity index (χ1) is 11.1. The van der Waals surface area contributed by atoms with E-state index < -0.39 is 12.5 Å². The lowest BCUT2D eigenvalue weighted by Gasteiger charge is -2.10. The van der Waals surface area contributed by atoms with Crippen molar-refractivity contribution in [3.63, 3.8) is 0 Å². The number of nitrogens with one attached hydrogen (secondary N) is 1. The third kappa shape index (κ3) is 3.48. The first-order valence-corrected chi connectivity index (χ1v) is 6.93. The molecular weight excluding hydrogens is 304 g/mol. The summed E-state index contributed by atoms with van der Waals surface area (Å²) in [5, 5.41) is 3.56. The largest absolute Gasteiger partial charge is 0.459 e. The number of fused-ring (bicyclic) bond motifs is 1. The van der Waals surface area contributed by atoms with Gasteiger partial charge in [0.2, 0.25) is 0 Å². The zero-order valence-electron chi connectivity index (χ0n) is 12.0. The van der Waals surface area contributed by atoms with Gasteiger partial charge in [-0.15, -0.1) is 0 Å². The van der Waals surface area contributed by atoms with Gasteiger partial charge in [-0.25, -0.2) is 0 Å². The molecule has 0 atom stereocenters. The Bertz CT molecular complexity index is 796. The van der Waals surface area contributed by atoms with Gasteiger partial charge < -0.3 is 14.5 Å². The van der Waals surface area contributed by atoms with Crippen LogP contribution in [0.1, 0.15) is 16.1 Å². The maximum absolute atomic E-state index is 12.4. The van der Waals surface area contributed by atoms with Gasteiger partial charge in [0, 0.05) is 5.39 Å². The first kappa shape index (κ1) is 15.0. The second-order valence-corrected chi connectivity index (χ2v) is 4.81. The molecule has 0 aliphatic heterocycles. The fourth-order valence-corrected chi connectivity index (χ4v) is 2.24. The van der Waals surface area contributed by atoms with Crippen molar-refractivity contribution >= 4 is 16.9 Å². The van der Waals surface area contributed by atoms with Crippen LogP contribution in [0.5, 0.6) is 5.75 Å². The van der Waals surface area contributed by atoms with E-state index >= 15 is 0 Å². The Morgan fingerprint density at radius 3 is 2.65 bits per heavy atom. The van der Waals surface area contributed by atoms with Crippen molar-refractivity contribution in [3.8, 4) is 5.75 Å². The fraction of sp³-hybridized carbons (Fsp3) is 0.118. The van der Waals surface area contributed by atoms with Crippen LogP contribution >= 0.6 is 0 Å². The third-order valence-electron chi connectivity index (χ3n) is 3.25. The Morgan fingerprint density at radius 2 is 1.87 bits per heavy atom. The van der Waals surface area contributed by atoms with Gasteiger partial charge in [-0.1, -0.05) is 30.3 Å². The van der Waals surface area contributed by atoms with Gasteiger partial charge in [0.15, 0.2) is 0 Å². The van der Waals surface area contributed by atoms with Gasteiger partial charge in [-0.2, -0.15) is 8.78 Å². The molecule has 2 aromatic carbocycles. The average Bonchev–Trinajstić information content (AvgIpc) is 2.95. The molecule has 4 nitrogen and oxygen atoms in total. The van der Waals surface area contributed by atoms with E-state index in [1.165, 1.54) is 18.2 Å². The van der Waals surface area contributed by atoms with E-state index in [0.717, 1.165) is 11.0 Å². The summed E-state index contributed by atoms with van der Waals surface area (Å²) in [5.41, 5.74) is 0.766. The highest BCUT2D eigenvalue weighted by Crippen LogP contribution is 2.21. The van der Waals surface area contributed by atoms with Crippen molar-refractivity contribution in [2.75, 3.05) is 0 Å². The smallest absolute Gasteiger partial charge is 0.387 e. The summed E-state index contributed by atoms with van der Waals surface area (Å²) in [5.74, 6) is -0.0990. The fourth-order valence-electron chi connectivity index (χ4n) is 2.24. The highest BCUT2D eigenvalue weighted by atomic mass is 19.3. The molecule has 3 rings (SSSR count). The van der Waals surface area contributed by atoms with Crippen LogP contribution in [0.4, 0.5) is 8.78 Å². The summed E-state index contributed by atoms with van der Waals surface area (Å²) >= 11 is 0. The minimum absolute atomic E-state index is 0.0453. The molecule has 3 aromatic rings. The Kier molecular flexibility index (Phi) is 4.23. The average molecular weight is 317 g/mol. The Labute approximate surface area is 130 Å². The molecular formula is C17H13F2NO3. The molecule has 0 saturated carbocycles. The van der Waals surface area contributed by atoms with Crippen molar-refractivity contribution in [1.29, 1.82) is 0 Å². The second kappa shape index (κ2) is 6.48. The number of amides is 1. The quantitative estimate of drug-likeness (QED) is 0.775. The zero-order valence-corrected chi connectivity index (χ0v) is 12.0. The van der Waals surface area contributed by atoms with Gasteiger partial charge in [-0.3, -0.25) is 4.79 Å². The van der Waals surface area contributed by atoms with Crippen LogP contribution in [-0.4, -0.2) is 12.5 Å². The molecule has 0 spiro atoms. The lowest BCUT2D eigenvalue weighted by atomic mass is 10.2. The molecule has 0 aliphatic rings. The van der Waals surface area contributed by atoms with Gasteiger partial charge in [0.05, 0.1) is 12.1 Å². The van der Waals surface area contributed by atoms with Crippen LogP contribution in [-0.2, 0) is 6.54 Å². The summed E-state index contributed by atoms with van der Waals surface area (Å²) in [6, 6.07) is 15.1. The number of furan rings is 1. The van der Waals surface area contributed by atoms with E-state index in [-0.39, 0.29) is 17.9 Å². The molecule has 118 valence electrons. The maximum atomic E-state index is 12.4. The lowest BCUT2D eigenvalue weighted by molar-refractivity contribution is -0.0501. The molecule has 23 heavy (non-hydrogen) atoms. The normalized spacial score (nSPS) is 10.9. The van der Waals surface area contributed by atoms with E-state index in [1.807, 2.05) is 30.3 Å². The molecule has 1 aromatic heterocycles. The number of hydrogen-bond donors (Lipinski definition) is 1. The van der Waals surface area contributed by atoms with Gasteiger partial charge in [-0.05, 0) is 24.3 Å². The number of hydrogen-bond acceptors (Lipinski definition) is 3. The summed E-state index contributed by atoms with van der Waals surface area (Å²) in [6.45, 7) is -2.84. The summed E-state index contributed by atoms with van der Waals surface area (Å²) in [7, 11) is 0. The number of alkyl halides is 2. The monoisotopic (exact) mass is 317 g/mol. The van der Waals surface area contributed by atoms with Gasteiger partial charge in [0.25, 0.3) is 5.91 Å². The molecule has 6 heteroatoms. The van der Waals surface area contributed by atoms with Crippen molar-refractivity contribution in [1.82, 2.24) is 5.32 Å². The number of rotatable bonds is 5. The SMILES string of the molecule is O=C(NCc1cc2ccccc2o1)c1ccccc1OC(F)F. The lowest BCUT2D eigenvalue weighted by Crippen LogP contribution is -2.23. The van der Waals surface area contributed by atoms with Crippen molar-refractivity contribution in [2.24, 2.45) is 0 Å². The van der Waals surface area contributed by atoms with Crippen LogP contribution in [0.15, 0.2) is 59.0 Å². The molecule has 0 fully saturated rings. The molecule has 0 saturated heterocycles. The number of para-hydroxylation sites is 2. The van der Waals surface area contributed by atoms with E-state index in [0.29, 0.717) is 5.76 Å². The minimum atomic E-state index is -2.99. The molecule has 1 amide bonds. The van der Waals surface area contributed by atoms with Crippen LogP contribution in [0.25, 0.3) is 11.0 Å². The Hall–Kier alpha value is -2.89. The van der Waals surface area contributed by atoms with Crippen LogP contribution in [0.3, 0.4) is 0 Å². The minimum Gasteiger partial charge on any atom is -0.459 e. The molecule has 0 unspecified atom stereocenters. The number of carbonyl (C=O) groups excluding carboxylic acids is 1. The van der Waals surface area contributed by atoms with Crippen LogP contribution < -0.4 is 10.1 Å².